The number of benzene rings is 1. The SMILES string of the molecule is CS(=O)(=O)On1nc(CCNCc2cccc(Cl)c2)c2c(c1=O)CCCC2. The molecule has 0 atom stereocenters. The molecule has 0 amide bonds. The van der Waals surface area contributed by atoms with E-state index in [9.17, 15) is 13.2 Å². The van der Waals surface area contributed by atoms with E-state index < -0.39 is 15.7 Å². The van der Waals surface area contributed by atoms with E-state index in [0.29, 0.717) is 47.1 Å². The van der Waals surface area contributed by atoms with Crippen LogP contribution >= 0.6 is 11.6 Å². The summed E-state index contributed by atoms with van der Waals surface area (Å²) in [5.41, 5.74) is 2.84. The molecule has 1 N–H and O–H groups in total. The van der Waals surface area contributed by atoms with Gasteiger partial charge in [0.15, 0.2) is 0 Å². The summed E-state index contributed by atoms with van der Waals surface area (Å²) in [5, 5.41) is 8.18. The Balaban J connectivity index is 1.75. The first kappa shape index (κ1) is 19.9. The third kappa shape index (κ3) is 5.31. The number of rotatable bonds is 7. The van der Waals surface area contributed by atoms with Gasteiger partial charge in [0.2, 0.25) is 0 Å². The van der Waals surface area contributed by atoms with Crippen molar-refractivity contribution in [2.24, 2.45) is 0 Å². The van der Waals surface area contributed by atoms with Gasteiger partial charge in [-0.2, -0.15) is 8.42 Å². The van der Waals surface area contributed by atoms with Crippen molar-refractivity contribution >= 4 is 21.7 Å². The number of aromatic nitrogens is 2. The molecule has 0 saturated heterocycles. The molecular weight excluding hydrogens is 390 g/mol. The maximum atomic E-state index is 12.5. The third-order valence-corrected chi connectivity index (χ3v) is 5.07. The molecular formula is C18H22ClN3O4S. The molecule has 0 saturated carbocycles. The molecule has 0 aliphatic heterocycles. The van der Waals surface area contributed by atoms with Gasteiger partial charge in [0.05, 0.1) is 11.9 Å². The number of hydrogen-bond acceptors (Lipinski definition) is 6. The maximum absolute atomic E-state index is 12.5. The van der Waals surface area contributed by atoms with Gasteiger partial charge in [-0.05, 0) is 53.8 Å². The van der Waals surface area contributed by atoms with Gasteiger partial charge in [0, 0.05) is 30.1 Å². The highest BCUT2D eigenvalue weighted by molar-refractivity contribution is 7.86. The average molecular weight is 412 g/mol. The number of halogens is 1. The molecule has 1 aromatic carbocycles. The summed E-state index contributed by atoms with van der Waals surface area (Å²) in [6.45, 7) is 1.28. The largest absolute Gasteiger partial charge is 0.325 e. The molecule has 146 valence electrons. The summed E-state index contributed by atoms with van der Waals surface area (Å²) in [6.07, 6.45) is 4.75. The van der Waals surface area contributed by atoms with Gasteiger partial charge in [-0.3, -0.25) is 9.08 Å². The molecule has 9 heteroatoms. The molecule has 0 fully saturated rings. The van der Waals surface area contributed by atoms with Crippen molar-refractivity contribution in [3.63, 3.8) is 0 Å². The zero-order valence-electron chi connectivity index (χ0n) is 15.1. The van der Waals surface area contributed by atoms with E-state index in [1.165, 1.54) is 0 Å². The molecule has 0 spiro atoms. The van der Waals surface area contributed by atoms with E-state index in [4.69, 9.17) is 15.9 Å². The van der Waals surface area contributed by atoms with Gasteiger partial charge in [-0.15, -0.1) is 5.10 Å². The summed E-state index contributed by atoms with van der Waals surface area (Å²) in [6, 6.07) is 7.61. The van der Waals surface area contributed by atoms with Gasteiger partial charge in [0.25, 0.3) is 0 Å². The molecule has 1 aromatic heterocycles. The van der Waals surface area contributed by atoms with Crippen LogP contribution in [0, 0.1) is 0 Å². The van der Waals surface area contributed by atoms with Crippen LogP contribution < -0.4 is 15.2 Å². The van der Waals surface area contributed by atoms with E-state index >= 15 is 0 Å². The molecule has 0 unspecified atom stereocenters. The lowest BCUT2D eigenvalue weighted by atomic mass is 9.91. The Morgan fingerprint density at radius 3 is 2.70 bits per heavy atom. The minimum atomic E-state index is -3.84. The molecule has 0 bridgehead atoms. The first-order chi connectivity index (χ1) is 12.8. The Morgan fingerprint density at radius 2 is 2.00 bits per heavy atom. The molecule has 0 radical (unpaired) electrons. The Bertz CT molecular complexity index is 989. The molecule has 27 heavy (non-hydrogen) atoms. The Hall–Kier alpha value is -1.90. The lowest BCUT2D eigenvalue weighted by Gasteiger charge is -2.19. The van der Waals surface area contributed by atoms with Crippen LogP contribution in [0.3, 0.4) is 0 Å². The van der Waals surface area contributed by atoms with Gasteiger partial charge in [-0.25, -0.2) is 0 Å². The fourth-order valence-corrected chi connectivity index (χ4v) is 3.83. The van der Waals surface area contributed by atoms with Crippen LogP contribution in [0.5, 0.6) is 0 Å². The summed E-state index contributed by atoms with van der Waals surface area (Å²) in [7, 11) is -3.84. The van der Waals surface area contributed by atoms with Crippen molar-refractivity contribution in [2.75, 3.05) is 12.8 Å². The molecule has 1 aliphatic rings. The zero-order chi connectivity index (χ0) is 19.4. The molecule has 3 rings (SSSR count). The summed E-state index contributed by atoms with van der Waals surface area (Å²) < 4.78 is 27.6. The highest BCUT2D eigenvalue weighted by Crippen LogP contribution is 2.20. The van der Waals surface area contributed by atoms with E-state index in [1.54, 1.807) is 0 Å². The van der Waals surface area contributed by atoms with Crippen molar-refractivity contribution in [1.82, 2.24) is 15.3 Å². The van der Waals surface area contributed by atoms with Crippen LogP contribution in [0.1, 0.15) is 35.2 Å². The number of nitrogens with zero attached hydrogens (tertiary/aromatic N) is 2. The zero-order valence-corrected chi connectivity index (χ0v) is 16.6. The standard InChI is InChI=1S/C18H22ClN3O4S/c1-27(24,25)26-22-18(23)16-8-3-2-7-15(16)17(21-22)9-10-20-12-13-5-4-6-14(19)11-13/h4-6,11,20H,2-3,7-10,12H2,1H3. The second-order valence-corrected chi connectivity index (χ2v) is 8.62. The summed E-state index contributed by atoms with van der Waals surface area (Å²) >= 11 is 5.98. The minimum absolute atomic E-state index is 0.481. The second-order valence-electron chi connectivity index (χ2n) is 6.62. The van der Waals surface area contributed by atoms with Crippen LogP contribution in [0.15, 0.2) is 29.1 Å². The van der Waals surface area contributed by atoms with Crippen molar-refractivity contribution < 1.29 is 12.7 Å². The number of nitrogens with one attached hydrogen (secondary N) is 1. The van der Waals surface area contributed by atoms with Crippen LogP contribution in [0.2, 0.25) is 5.02 Å². The average Bonchev–Trinajstić information content (AvgIpc) is 2.61. The Kier molecular flexibility index (Phi) is 6.18. The monoisotopic (exact) mass is 411 g/mol. The molecule has 1 aliphatic carbocycles. The summed E-state index contributed by atoms with van der Waals surface area (Å²) in [5.74, 6) is 0. The van der Waals surface area contributed by atoms with Crippen molar-refractivity contribution in [3.05, 3.63) is 62.0 Å². The predicted molar refractivity (Wildman–Crippen MR) is 103 cm³/mol. The second kappa shape index (κ2) is 8.41. The van der Waals surface area contributed by atoms with E-state index in [2.05, 4.69) is 10.4 Å². The normalized spacial score (nSPS) is 14.0. The number of hydrogen-bond donors (Lipinski definition) is 1. The fraction of sp³-hybridized carbons (Fsp3) is 0.444. The van der Waals surface area contributed by atoms with Gasteiger partial charge in [0.1, 0.15) is 0 Å². The minimum Gasteiger partial charge on any atom is -0.312 e. The molecule has 7 nitrogen and oxygen atoms in total. The quantitative estimate of drug-likeness (QED) is 0.694. The topological polar surface area (TPSA) is 90.3 Å². The first-order valence-electron chi connectivity index (χ1n) is 8.82. The van der Waals surface area contributed by atoms with E-state index in [0.717, 1.165) is 36.6 Å². The molecule has 1 heterocycles. The first-order valence-corrected chi connectivity index (χ1v) is 11.0. The number of fused-ring (bicyclic) bond motifs is 1. The van der Waals surface area contributed by atoms with Crippen LogP contribution in [0.4, 0.5) is 0 Å². The summed E-state index contributed by atoms with van der Waals surface area (Å²) in [4.78, 5) is 13.1. The van der Waals surface area contributed by atoms with E-state index in [1.807, 2.05) is 24.3 Å². The Labute approximate surface area is 163 Å². The van der Waals surface area contributed by atoms with Crippen LogP contribution in [-0.2, 0) is 35.9 Å². The van der Waals surface area contributed by atoms with E-state index in [-0.39, 0.29) is 0 Å². The van der Waals surface area contributed by atoms with Gasteiger partial charge in [-0.1, -0.05) is 23.7 Å². The highest BCUT2D eigenvalue weighted by atomic mass is 35.5. The van der Waals surface area contributed by atoms with Gasteiger partial charge >= 0.3 is 15.7 Å². The van der Waals surface area contributed by atoms with Crippen molar-refractivity contribution in [2.45, 2.75) is 38.6 Å². The highest BCUT2D eigenvalue weighted by Gasteiger charge is 2.22. The van der Waals surface area contributed by atoms with Crippen molar-refractivity contribution in [1.29, 1.82) is 0 Å². The fourth-order valence-electron chi connectivity index (χ4n) is 3.26. The van der Waals surface area contributed by atoms with Crippen molar-refractivity contribution in [3.8, 4) is 0 Å². The van der Waals surface area contributed by atoms with Gasteiger partial charge < -0.3 is 5.32 Å². The maximum Gasteiger partial charge on any atom is 0.325 e. The lowest BCUT2D eigenvalue weighted by Crippen LogP contribution is -2.37. The molecule has 2 aromatic rings. The smallest absolute Gasteiger partial charge is 0.312 e. The Morgan fingerprint density at radius 1 is 1.26 bits per heavy atom. The van der Waals surface area contributed by atoms with Crippen LogP contribution in [0.25, 0.3) is 0 Å². The third-order valence-electron chi connectivity index (χ3n) is 4.42. The lowest BCUT2D eigenvalue weighted by molar-refractivity contribution is 0.220. The van der Waals surface area contributed by atoms with Crippen LogP contribution in [-0.4, -0.2) is 31.2 Å². The predicted octanol–water partition coefficient (Wildman–Crippen LogP) is 1.50.